The van der Waals surface area contributed by atoms with Crippen LogP contribution in [0.4, 0.5) is 5.69 Å². The van der Waals surface area contributed by atoms with Crippen molar-refractivity contribution in [2.75, 3.05) is 25.1 Å². The van der Waals surface area contributed by atoms with Gasteiger partial charge in [0.25, 0.3) is 5.91 Å². The van der Waals surface area contributed by atoms with Crippen LogP contribution in [0.5, 0.6) is 0 Å². The Balaban J connectivity index is 2.16. The highest BCUT2D eigenvalue weighted by atomic mass is 16.5. The van der Waals surface area contributed by atoms with Crippen LogP contribution in [0.25, 0.3) is 0 Å². The van der Waals surface area contributed by atoms with E-state index in [9.17, 15) is 9.59 Å². The fourth-order valence-corrected chi connectivity index (χ4v) is 2.83. The van der Waals surface area contributed by atoms with Gasteiger partial charge in [0, 0.05) is 31.5 Å². The zero-order chi connectivity index (χ0) is 16.7. The molecule has 124 valence electrons. The maximum absolute atomic E-state index is 12.1. The number of allylic oxidation sites excluding steroid dienone is 1. The quantitative estimate of drug-likeness (QED) is 0.455. The van der Waals surface area contributed by atoms with Gasteiger partial charge in [-0.2, -0.15) is 0 Å². The van der Waals surface area contributed by atoms with Gasteiger partial charge in [-0.25, -0.2) is 0 Å². The van der Waals surface area contributed by atoms with Crippen LogP contribution in [0.3, 0.4) is 0 Å². The average molecular weight is 317 g/mol. The predicted molar refractivity (Wildman–Crippen MR) is 89.0 cm³/mol. The Kier molecular flexibility index (Phi) is 6.17. The van der Waals surface area contributed by atoms with Crippen molar-refractivity contribution in [1.82, 2.24) is 10.9 Å². The summed E-state index contributed by atoms with van der Waals surface area (Å²) in [5, 5.41) is 0. The van der Waals surface area contributed by atoms with Crippen molar-refractivity contribution in [3.63, 3.8) is 0 Å². The number of benzene rings is 1. The van der Waals surface area contributed by atoms with Gasteiger partial charge in [-0.1, -0.05) is 6.08 Å². The molecule has 6 nitrogen and oxygen atoms in total. The van der Waals surface area contributed by atoms with E-state index in [-0.39, 0.29) is 5.91 Å². The average Bonchev–Trinajstić information content (AvgIpc) is 2.60. The van der Waals surface area contributed by atoms with Crippen LogP contribution < -0.4 is 15.8 Å². The van der Waals surface area contributed by atoms with Crippen LogP contribution >= 0.6 is 0 Å². The summed E-state index contributed by atoms with van der Waals surface area (Å²) in [6.45, 7) is 6.15. The molecule has 1 aliphatic heterocycles. The van der Waals surface area contributed by atoms with Crippen molar-refractivity contribution >= 4 is 18.0 Å². The number of carbonyl (C=O) groups excluding carboxylic acids is 2. The molecule has 1 fully saturated rings. The number of hydrazine groups is 1. The van der Waals surface area contributed by atoms with Gasteiger partial charge in [0.2, 0.25) is 6.41 Å². The predicted octanol–water partition coefficient (Wildman–Crippen LogP) is 1.63. The van der Waals surface area contributed by atoms with Crippen LogP contribution in [0.2, 0.25) is 0 Å². The van der Waals surface area contributed by atoms with Gasteiger partial charge in [-0.05, 0) is 42.5 Å². The zero-order valence-electron chi connectivity index (χ0n) is 13.4. The van der Waals surface area contributed by atoms with E-state index in [1.807, 2.05) is 18.2 Å². The van der Waals surface area contributed by atoms with Gasteiger partial charge >= 0.3 is 0 Å². The molecule has 1 aliphatic rings. The third kappa shape index (κ3) is 4.32. The molecule has 1 aromatic carbocycles. The molecule has 1 saturated heterocycles. The molecule has 0 radical (unpaired) electrons. The van der Waals surface area contributed by atoms with Crippen molar-refractivity contribution < 1.29 is 14.3 Å². The summed E-state index contributed by atoms with van der Waals surface area (Å²) < 4.78 is 5.20. The van der Waals surface area contributed by atoms with Crippen molar-refractivity contribution in [3.05, 3.63) is 42.0 Å². The first-order chi connectivity index (χ1) is 11.2. The second kappa shape index (κ2) is 8.33. The molecule has 1 heterocycles. The van der Waals surface area contributed by atoms with E-state index in [1.54, 1.807) is 13.2 Å². The number of nitrogens with one attached hydrogen (secondary N) is 2. The first-order valence-corrected chi connectivity index (χ1v) is 7.68. The monoisotopic (exact) mass is 317 g/mol. The number of hydrogen-bond donors (Lipinski definition) is 2. The standard InChI is InChI=1S/C17H23N3O3/c1-3-13-6-8-20(9-7-13)15-4-5-16(14(10-15)11-23-2)17(22)19-18-12-21/h3-5,10,12-13H,1,6-9,11H2,2H3,(H,18,21)(H,19,22). The van der Waals surface area contributed by atoms with Crippen LogP contribution in [0.1, 0.15) is 28.8 Å². The molecule has 1 aromatic rings. The summed E-state index contributed by atoms with van der Waals surface area (Å²) in [6.07, 6.45) is 4.64. The lowest BCUT2D eigenvalue weighted by Gasteiger charge is -2.32. The third-order valence-corrected chi connectivity index (χ3v) is 4.12. The van der Waals surface area contributed by atoms with E-state index in [0.29, 0.717) is 24.5 Å². The van der Waals surface area contributed by atoms with Crippen LogP contribution in [0.15, 0.2) is 30.9 Å². The summed E-state index contributed by atoms with van der Waals surface area (Å²) in [5.41, 5.74) is 6.85. The maximum Gasteiger partial charge on any atom is 0.270 e. The first kappa shape index (κ1) is 17.0. The minimum absolute atomic E-state index is 0.334. The molecule has 0 aliphatic carbocycles. The SMILES string of the molecule is C=CC1CCN(c2ccc(C(=O)NNC=O)c(COC)c2)CC1. The summed E-state index contributed by atoms with van der Waals surface area (Å²) in [6, 6.07) is 5.68. The lowest BCUT2D eigenvalue weighted by Crippen LogP contribution is -2.37. The highest BCUT2D eigenvalue weighted by molar-refractivity contribution is 5.96. The van der Waals surface area contributed by atoms with E-state index in [2.05, 4.69) is 22.3 Å². The molecule has 0 unspecified atom stereocenters. The highest BCUT2D eigenvalue weighted by Gasteiger charge is 2.19. The Morgan fingerprint density at radius 2 is 2.17 bits per heavy atom. The van der Waals surface area contributed by atoms with Gasteiger partial charge in [0.1, 0.15) is 0 Å². The highest BCUT2D eigenvalue weighted by Crippen LogP contribution is 2.26. The lowest BCUT2D eigenvalue weighted by molar-refractivity contribution is -0.110. The summed E-state index contributed by atoms with van der Waals surface area (Å²) >= 11 is 0. The molecule has 23 heavy (non-hydrogen) atoms. The number of anilines is 1. The molecule has 2 rings (SSSR count). The Bertz CT molecular complexity index is 566. The van der Waals surface area contributed by atoms with Gasteiger partial charge in [-0.3, -0.25) is 20.4 Å². The van der Waals surface area contributed by atoms with E-state index < -0.39 is 0 Å². The molecular formula is C17H23N3O3. The Morgan fingerprint density at radius 1 is 1.43 bits per heavy atom. The molecular weight excluding hydrogens is 294 g/mol. The maximum atomic E-state index is 12.1. The molecule has 0 spiro atoms. The smallest absolute Gasteiger partial charge is 0.270 e. The van der Waals surface area contributed by atoms with Crippen LogP contribution in [-0.2, 0) is 16.1 Å². The zero-order valence-corrected chi connectivity index (χ0v) is 13.4. The summed E-state index contributed by atoms with van der Waals surface area (Å²) in [7, 11) is 1.59. The molecule has 0 bridgehead atoms. The van der Waals surface area contributed by atoms with Gasteiger partial charge in [0.05, 0.1) is 6.61 Å². The second-order valence-electron chi connectivity index (χ2n) is 5.55. The number of piperidine rings is 1. The number of nitrogens with zero attached hydrogens (tertiary/aromatic N) is 1. The molecule has 2 N–H and O–H groups in total. The number of rotatable bonds is 7. The van der Waals surface area contributed by atoms with Crippen molar-refractivity contribution in [2.24, 2.45) is 5.92 Å². The number of methoxy groups -OCH3 is 1. The van der Waals surface area contributed by atoms with Gasteiger partial charge in [0.15, 0.2) is 0 Å². The summed E-state index contributed by atoms with van der Waals surface area (Å²) in [5.74, 6) is 0.227. The van der Waals surface area contributed by atoms with Crippen molar-refractivity contribution in [1.29, 1.82) is 0 Å². The number of ether oxygens (including phenoxy) is 1. The minimum atomic E-state index is -0.360. The molecule has 2 amide bonds. The number of hydrogen-bond acceptors (Lipinski definition) is 4. The number of carbonyl (C=O) groups is 2. The second-order valence-corrected chi connectivity index (χ2v) is 5.55. The third-order valence-electron chi connectivity index (χ3n) is 4.12. The Morgan fingerprint density at radius 3 is 2.78 bits per heavy atom. The molecule has 0 atom stereocenters. The molecule has 0 saturated carbocycles. The normalized spacial score (nSPS) is 15.1. The van der Waals surface area contributed by atoms with Crippen molar-refractivity contribution in [3.8, 4) is 0 Å². The van der Waals surface area contributed by atoms with E-state index in [0.717, 1.165) is 37.2 Å². The van der Waals surface area contributed by atoms with E-state index in [1.165, 1.54) is 0 Å². The van der Waals surface area contributed by atoms with E-state index >= 15 is 0 Å². The largest absolute Gasteiger partial charge is 0.380 e. The van der Waals surface area contributed by atoms with Gasteiger partial charge < -0.3 is 9.64 Å². The lowest BCUT2D eigenvalue weighted by atomic mass is 9.96. The van der Waals surface area contributed by atoms with Crippen LogP contribution in [-0.4, -0.2) is 32.5 Å². The number of amides is 2. The van der Waals surface area contributed by atoms with Crippen LogP contribution in [0, 0.1) is 5.92 Å². The Labute approximate surface area is 136 Å². The van der Waals surface area contributed by atoms with Gasteiger partial charge in [-0.15, -0.1) is 6.58 Å². The van der Waals surface area contributed by atoms with E-state index in [4.69, 9.17) is 4.74 Å². The summed E-state index contributed by atoms with van der Waals surface area (Å²) in [4.78, 5) is 24.7. The molecule has 6 heteroatoms. The first-order valence-electron chi connectivity index (χ1n) is 7.68. The fraction of sp³-hybridized carbons (Fsp3) is 0.412. The van der Waals surface area contributed by atoms with Crippen molar-refractivity contribution in [2.45, 2.75) is 19.4 Å². The molecule has 0 aromatic heterocycles. The fourth-order valence-electron chi connectivity index (χ4n) is 2.83. The Hall–Kier alpha value is -2.34. The topological polar surface area (TPSA) is 70.7 Å². The minimum Gasteiger partial charge on any atom is -0.380 e.